The van der Waals surface area contributed by atoms with Crippen molar-refractivity contribution in [2.75, 3.05) is 33.2 Å². The van der Waals surface area contributed by atoms with Crippen LogP contribution in [0.4, 0.5) is 0 Å². The van der Waals surface area contributed by atoms with Crippen molar-refractivity contribution in [3.05, 3.63) is 34.9 Å². The molecule has 1 fully saturated rings. The van der Waals surface area contributed by atoms with E-state index in [2.05, 4.69) is 0 Å². The summed E-state index contributed by atoms with van der Waals surface area (Å²) in [5.74, 6) is -0.923. The molecule has 23 heavy (non-hydrogen) atoms. The summed E-state index contributed by atoms with van der Waals surface area (Å²) in [6.07, 6.45) is 0. The summed E-state index contributed by atoms with van der Waals surface area (Å²) in [6.45, 7) is 3.44. The Morgan fingerprint density at radius 3 is 2.09 bits per heavy atom. The van der Waals surface area contributed by atoms with Gasteiger partial charge in [-0.2, -0.15) is 0 Å². The lowest BCUT2D eigenvalue weighted by Gasteiger charge is -2.34. The second-order valence-electron chi connectivity index (χ2n) is 5.73. The standard InChI is InChI=1S/C16H17N3O4/c1-10(20)18-5-7-19(8-6-18)14(21)11-3-4-12-13(9-11)16(23)17(2)15(12)22/h3-4,9H,5-8H2,1-2H3. The molecule has 0 aliphatic carbocycles. The van der Waals surface area contributed by atoms with E-state index in [1.54, 1.807) is 15.9 Å². The van der Waals surface area contributed by atoms with E-state index in [1.807, 2.05) is 0 Å². The van der Waals surface area contributed by atoms with Crippen LogP contribution < -0.4 is 0 Å². The lowest BCUT2D eigenvalue weighted by molar-refractivity contribution is -0.130. The first kappa shape index (κ1) is 15.2. The van der Waals surface area contributed by atoms with Gasteiger partial charge in [-0.05, 0) is 18.2 Å². The van der Waals surface area contributed by atoms with Gasteiger partial charge in [0.05, 0.1) is 11.1 Å². The molecule has 7 heteroatoms. The van der Waals surface area contributed by atoms with Crippen LogP contribution in [0.1, 0.15) is 38.0 Å². The number of fused-ring (bicyclic) bond motifs is 1. The number of rotatable bonds is 1. The van der Waals surface area contributed by atoms with Crippen molar-refractivity contribution in [2.24, 2.45) is 0 Å². The molecule has 2 heterocycles. The van der Waals surface area contributed by atoms with Gasteiger partial charge in [-0.1, -0.05) is 0 Å². The molecule has 0 aromatic heterocycles. The summed E-state index contributed by atoms with van der Waals surface area (Å²) in [7, 11) is 1.42. The van der Waals surface area contributed by atoms with Crippen molar-refractivity contribution in [1.29, 1.82) is 0 Å². The average molecular weight is 315 g/mol. The van der Waals surface area contributed by atoms with E-state index in [0.717, 1.165) is 4.90 Å². The summed E-state index contributed by atoms with van der Waals surface area (Å²) in [4.78, 5) is 52.2. The number of imide groups is 1. The minimum atomic E-state index is -0.388. The van der Waals surface area contributed by atoms with E-state index < -0.39 is 0 Å². The summed E-state index contributed by atoms with van der Waals surface area (Å²) in [5, 5.41) is 0. The molecule has 4 amide bonds. The van der Waals surface area contributed by atoms with E-state index in [-0.39, 0.29) is 29.2 Å². The van der Waals surface area contributed by atoms with Crippen molar-refractivity contribution in [1.82, 2.24) is 14.7 Å². The topological polar surface area (TPSA) is 78.0 Å². The largest absolute Gasteiger partial charge is 0.339 e. The molecular weight excluding hydrogens is 298 g/mol. The van der Waals surface area contributed by atoms with Gasteiger partial charge < -0.3 is 9.80 Å². The number of piperazine rings is 1. The van der Waals surface area contributed by atoms with E-state index in [9.17, 15) is 19.2 Å². The van der Waals surface area contributed by atoms with Gasteiger partial charge in [-0.3, -0.25) is 24.1 Å². The molecule has 1 saturated heterocycles. The van der Waals surface area contributed by atoms with Crippen LogP contribution in [0.2, 0.25) is 0 Å². The van der Waals surface area contributed by atoms with Crippen LogP contribution in [0.15, 0.2) is 18.2 Å². The summed E-state index contributed by atoms with van der Waals surface area (Å²) in [5.41, 5.74) is 0.984. The lowest BCUT2D eigenvalue weighted by Crippen LogP contribution is -2.50. The number of amides is 4. The Morgan fingerprint density at radius 2 is 1.48 bits per heavy atom. The average Bonchev–Trinajstić information content (AvgIpc) is 2.78. The van der Waals surface area contributed by atoms with Crippen molar-refractivity contribution in [2.45, 2.75) is 6.92 Å². The van der Waals surface area contributed by atoms with Gasteiger partial charge in [-0.15, -0.1) is 0 Å². The SMILES string of the molecule is CC(=O)N1CCN(C(=O)c2ccc3c(c2)C(=O)N(C)C3=O)CC1. The molecule has 0 unspecified atom stereocenters. The summed E-state index contributed by atoms with van der Waals surface area (Å²) in [6, 6.07) is 4.58. The number of benzene rings is 1. The van der Waals surface area contributed by atoms with Crippen LogP contribution in [-0.2, 0) is 4.79 Å². The molecule has 0 radical (unpaired) electrons. The van der Waals surface area contributed by atoms with Crippen LogP contribution in [-0.4, -0.2) is 71.6 Å². The van der Waals surface area contributed by atoms with Crippen LogP contribution in [0.5, 0.6) is 0 Å². The first-order valence-corrected chi connectivity index (χ1v) is 7.41. The molecule has 2 aliphatic rings. The minimum absolute atomic E-state index is 0.00164. The number of hydrogen-bond acceptors (Lipinski definition) is 4. The maximum atomic E-state index is 12.6. The molecule has 3 rings (SSSR count). The van der Waals surface area contributed by atoms with Crippen LogP contribution in [0, 0.1) is 0 Å². The quantitative estimate of drug-likeness (QED) is 0.694. The second kappa shape index (κ2) is 5.49. The highest BCUT2D eigenvalue weighted by molar-refractivity contribution is 6.21. The maximum Gasteiger partial charge on any atom is 0.261 e. The molecule has 1 aromatic rings. The van der Waals surface area contributed by atoms with Crippen LogP contribution in [0.25, 0.3) is 0 Å². The van der Waals surface area contributed by atoms with E-state index >= 15 is 0 Å². The molecule has 0 spiro atoms. The maximum absolute atomic E-state index is 12.6. The summed E-state index contributed by atoms with van der Waals surface area (Å²) >= 11 is 0. The monoisotopic (exact) mass is 315 g/mol. The number of nitrogens with zero attached hydrogens (tertiary/aromatic N) is 3. The van der Waals surface area contributed by atoms with Crippen molar-refractivity contribution < 1.29 is 19.2 Å². The van der Waals surface area contributed by atoms with Gasteiger partial charge in [-0.25, -0.2) is 0 Å². The Morgan fingerprint density at radius 1 is 0.913 bits per heavy atom. The predicted molar refractivity (Wildman–Crippen MR) is 81.0 cm³/mol. The third kappa shape index (κ3) is 2.48. The van der Waals surface area contributed by atoms with Crippen LogP contribution in [0.3, 0.4) is 0 Å². The van der Waals surface area contributed by atoms with Crippen molar-refractivity contribution in [3.63, 3.8) is 0 Å². The fraction of sp³-hybridized carbons (Fsp3) is 0.375. The fourth-order valence-corrected chi connectivity index (χ4v) is 2.90. The smallest absolute Gasteiger partial charge is 0.261 e. The van der Waals surface area contributed by atoms with E-state index in [4.69, 9.17) is 0 Å². The van der Waals surface area contributed by atoms with Crippen LogP contribution >= 0.6 is 0 Å². The van der Waals surface area contributed by atoms with Gasteiger partial charge >= 0.3 is 0 Å². The number of carbonyl (C=O) groups is 4. The van der Waals surface area contributed by atoms with E-state index in [0.29, 0.717) is 37.3 Å². The Bertz CT molecular complexity index is 720. The second-order valence-corrected chi connectivity index (χ2v) is 5.73. The zero-order valence-corrected chi connectivity index (χ0v) is 13.0. The minimum Gasteiger partial charge on any atom is -0.339 e. The van der Waals surface area contributed by atoms with Gasteiger partial charge in [0.2, 0.25) is 5.91 Å². The molecule has 120 valence electrons. The Balaban J connectivity index is 1.79. The molecule has 7 nitrogen and oxygen atoms in total. The molecule has 2 aliphatic heterocycles. The first-order valence-electron chi connectivity index (χ1n) is 7.41. The third-order valence-electron chi connectivity index (χ3n) is 4.35. The molecule has 0 bridgehead atoms. The first-order chi connectivity index (χ1) is 10.9. The molecule has 0 N–H and O–H groups in total. The molecular formula is C16H17N3O4. The highest BCUT2D eigenvalue weighted by atomic mass is 16.2. The fourth-order valence-electron chi connectivity index (χ4n) is 2.90. The number of hydrogen-bond donors (Lipinski definition) is 0. The molecule has 0 saturated carbocycles. The third-order valence-corrected chi connectivity index (χ3v) is 4.35. The molecule has 1 aromatic carbocycles. The lowest BCUT2D eigenvalue weighted by atomic mass is 10.0. The zero-order chi connectivity index (χ0) is 16.7. The highest BCUT2D eigenvalue weighted by Crippen LogP contribution is 2.23. The van der Waals surface area contributed by atoms with Gasteiger partial charge in [0.15, 0.2) is 0 Å². The molecule has 0 atom stereocenters. The van der Waals surface area contributed by atoms with Gasteiger partial charge in [0.25, 0.3) is 17.7 Å². The Hall–Kier alpha value is -2.70. The predicted octanol–water partition coefficient (Wildman–Crippen LogP) is 0.217. The van der Waals surface area contributed by atoms with Crippen molar-refractivity contribution in [3.8, 4) is 0 Å². The van der Waals surface area contributed by atoms with Gasteiger partial charge in [0.1, 0.15) is 0 Å². The summed E-state index contributed by atoms with van der Waals surface area (Å²) < 4.78 is 0. The zero-order valence-electron chi connectivity index (χ0n) is 13.0. The van der Waals surface area contributed by atoms with Crippen molar-refractivity contribution >= 4 is 23.6 Å². The van der Waals surface area contributed by atoms with Gasteiger partial charge in [0, 0.05) is 45.7 Å². The Kier molecular flexibility index (Phi) is 3.63. The highest BCUT2D eigenvalue weighted by Gasteiger charge is 2.34. The Labute approximate surface area is 133 Å². The van der Waals surface area contributed by atoms with E-state index in [1.165, 1.54) is 26.1 Å². The normalized spacial score (nSPS) is 17.6. The number of carbonyl (C=O) groups excluding carboxylic acids is 4.